The third-order valence-electron chi connectivity index (χ3n) is 4.70. The molecule has 3 amide bonds. The zero-order valence-electron chi connectivity index (χ0n) is 13.2. The van der Waals surface area contributed by atoms with Gasteiger partial charge in [0.2, 0.25) is 0 Å². The summed E-state index contributed by atoms with van der Waals surface area (Å²) in [5.41, 5.74) is 1.00. The van der Waals surface area contributed by atoms with E-state index in [2.05, 4.69) is 10.2 Å². The van der Waals surface area contributed by atoms with E-state index >= 15 is 0 Å². The molecule has 7 heteroatoms. The summed E-state index contributed by atoms with van der Waals surface area (Å²) in [6.07, 6.45) is 0. The Morgan fingerprint density at radius 2 is 1.87 bits per heavy atom. The lowest BCUT2D eigenvalue weighted by atomic mass is 10.2. The molecule has 0 aromatic heterocycles. The third kappa shape index (κ3) is 3.29. The van der Waals surface area contributed by atoms with Gasteiger partial charge in [-0.2, -0.15) is 0 Å². The predicted molar refractivity (Wildman–Crippen MR) is 83.9 cm³/mol. The fraction of sp³-hybridized carbons (Fsp3) is 0.500. The Morgan fingerprint density at radius 3 is 2.43 bits per heavy atom. The molecule has 1 atom stereocenters. The molecular weight excluding hydrogens is 299 g/mol. The normalized spacial score (nSPS) is 20.5. The van der Waals surface area contributed by atoms with Crippen LogP contribution in [0.1, 0.15) is 6.92 Å². The maximum atomic E-state index is 13.0. The molecule has 1 aromatic rings. The fourth-order valence-corrected chi connectivity index (χ4v) is 3.23. The lowest BCUT2D eigenvalue weighted by molar-refractivity contribution is -0.915. The number of anilines is 1. The maximum Gasteiger partial charge on any atom is 0.324 e. The van der Waals surface area contributed by atoms with Crippen LogP contribution in [0, 0.1) is 5.82 Å². The summed E-state index contributed by atoms with van der Waals surface area (Å²) >= 11 is 0. The van der Waals surface area contributed by atoms with E-state index in [0.717, 1.165) is 31.9 Å². The minimum atomic E-state index is -0.286. The smallest absolute Gasteiger partial charge is 0.324 e. The predicted octanol–water partition coefficient (Wildman–Crippen LogP) is -0.529. The number of imide groups is 1. The topological polar surface area (TPSA) is 57.1 Å². The Bertz CT molecular complexity index is 584. The zero-order valence-corrected chi connectivity index (χ0v) is 13.2. The van der Waals surface area contributed by atoms with Crippen molar-refractivity contribution in [2.75, 3.05) is 44.2 Å². The van der Waals surface area contributed by atoms with Gasteiger partial charge in [0.05, 0.1) is 26.2 Å². The van der Waals surface area contributed by atoms with Gasteiger partial charge in [-0.15, -0.1) is 0 Å². The second kappa shape index (κ2) is 6.54. The number of hydrogen-bond acceptors (Lipinski definition) is 3. The molecule has 0 spiro atoms. The molecule has 23 heavy (non-hydrogen) atoms. The number of carbonyl (C=O) groups is 2. The molecule has 0 saturated carbocycles. The summed E-state index contributed by atoms with van der Waals surface area (Å²) in [7, 11) is 0. The van der Waals surface area contributed by atoms with E-state index in [1.807, 2.05) is 6.92 Å². The lowest BCUT2D eigenvalue weighted by Gasteiger charge is -2.36. The van der Waals surface area contributed by atoms with Gasteiger partial charge in [-0.25, -0.2) is 9.18 Å². The van der Waals surface area contributed by atoms with Crippen LogP contribution in [-0.4, -0.2) is 62.1 Å². The Hall–Kier alpha value is -2.15. The standard InChI is InChI=1S/C16H21FN4O2/c1-12(15(22)21-7-6-18-16(21)23)19-8-10-20(11-9-19)14-4-2-13(17)3-5-14/h2-5,12H,6-11H2,1H3,(H,18,23)/p+1/t12-/m1/s1. The van der Waals surface area contributed by atoms with Crippen molar-refractivity contribution in [3.05, 3.63) is 30.1 Å². The number of rotatable bonds is 3. The summed E-state index contributed by atoms with van der Waals surface area (Å²) in [6.45, 7) is 6.13. The van der Waals surface area contributed by atoms with Crippen LogP contribution in [0.2, 0.25) is 0 Å². The number of quaternary nitrogens is 1. The van der Waals surface area contributed by atoms with Gasteiger partial charge in [-0.1, -0.05) is 0 Å². The summed E-state index contributed by atoms with van der Waals surface area (Å²) in [6, 6.07) is 5.98. The Balaban J connectivity index is 1.56. The molecule has 1 aromatic carbocycles. The van der Waals surface area contributed by atoms with Crippen LogP contribution in [0.15, 0.2) is 24.3 Å². The van der Waals surface area contributed by atoms with E-state index in [1.54, 1.807) is 12.1 Å². The van der Waals surface area contributed by atoms with Crippen LogP contribution in [0.5, 0.6) is 0 Å². The number of nitrogens with one attached hydrogen (secondary N) is 2. The molecule has 3 rings (SSSR count). The highest BCUT2D eigenvalue weighted by Crippen LogP contribution is 2.14. The molecule has 0 bridgehead atoms. The van der Waals surface area contributed by atoms with E-state index in [4.69, 9.17) is 0 Å². The van der Waals surface area contributed by atoms with Crippen LogP contribution < -0.4 is 15.1 Å². The highest BCUT2D eigenvalue weighted by Gasteiger charge is 2.36. The molecule has 2 aliphatic heterocycles. The van der Waals surface area contributed by atoms with Crippen molar-refractivity contribution >= 4 is 17.6 Å². The van der Waals surface area contributed by atoms with Crippen molar-refractivity contribution in [3.63, 3.8) is 0 Å². The van der Waals surface area contributed by atoms with Crippen molar-refractivity contribution in [1.82, 2.24) is 10.2 Å². The van der Waals surface area contributed by atoms with Gasteiger partial charge < -0.3 is 15.1 Å². The first-order chi connectivity index (χ1) is 11.1. The largest absolute Gasteiger partial charge is 0.360 e. The van der Waals surface area contributed by atoms with Crippen molar-refractivity contribution in [2.24, 2.45) is 0 Å². The minimum Gasteiger partial charge on any atom is -0.360 e. The number of carbonyl (C=O) groups excluding carboxylic acids is 2. The molecule has 124 valence electrons. The molecule has 2 fully saturated rings. The van der Waals surface area contributed by atoms with Crippen molar-refractivity contribution in [2.45, 2.75) is 13.0 Å². The Labute approximate surface area is 134 Å². The molecular formula is C16H22FN4O2+. The molecule has 0 aliphatic carbocycles. The van der Waals surface area contributed by atoms with Gasteiger partial charge in [0.15, 0.2) is 6.04 Å². The van der Waals surface area contributed by atoms with Gasteiger partial charge in [0.25, 0.3) is 5.91 Å². The molecule has 0 unspecified atom stereocenters. The van der Waals surface area contributed by atoms with E-state index in [9.17, 15) is 14.0 Å². The number of benzene rings is 1. The first-order valence-electron chi connectivity index (χ1n) is 8.00. The van der Waals surface area contributed by atoms with Crippen LogP contribution in [-0.2, 0) is 4.79 Å². The van der Waals surface area contributed by atoms with Crippen LogP contribution in [0.25, 0.3) is 0 Å². The number of halogens is 1. The van der Waals surface area contributed by atoms with Gasteiger partial charge >= 0.3 is 6.03 Å². The van der Waals surface area contributed by atoms with E-state index in [1.165, 1.54) is 21.9 Å². The van der Waals surface area contributed by atoms with Gasteiger partial charge in [0, 0.05) is 18.8 Å². The molecule has 6 nitrogen and oxygen atoms in total. The number of piperazine rings is 1. The van der Waals surface area contributed by atoms with E-state index < -0.39 is 0 Å². The average molecular weight is 321 g/mol. The number of amides is 3. The first-order valence-corrected chi connectivity index (χ1v) is 8.00. The second-order valence-electron chi connectivity index (χ2n) is 6.07. The average Bonchev–Trinajstić information content (AvgIpc) is 3.00. The summed E-state index contributed by atoms with van der Waals surface area (Å²) in [5.74, 6) is -0.341. The highest BCUT2D eigenvalue weighted by molar-refractivity contribution is 5.97. The first kappa shape index (κ1) is 15.7. The van der Waals surface area contributed by atoms with Crippen molar-refractivity contribution < 1.29 is 18.9 Å². The monoisotopic (exact) mass is 321 g/mol. The molecule has 2 saturated heterocycles. The second-order valence-corrected chi connectivity index (χ2v) is 6.07. The minimum absolute atomic E-state index is 0.106. The number of nitrogens with zero attached hydrogens (tertiary/aromatic N) is 2. The van der Waals surface area contributed by atoms with Gasteiger partial charge in [0.1, 0.15) is 5.82 Å². The van der Waals surface area contributed by atoms with Crippen molar-refractivity contribution in [3.8, 4) is 0 Å². The number of hydrogen-bond donors (Lipinski definition) is 2. The maximum absolute atomic E-state index is 13.0. The Morgan fingerprint density at radius 1 is 1.22 bits per heavy atom. The van der Waals surface area contributed by atoms with Crippen LogP contribution in [0.3, 0.4) is 0 Å². The summed E-state index contributed by atoms with van der Waals surface area (Å²) < 4.78 is 13.0. The third-order valence-corrected chi connectivity index (χ3v) is 4.70. The van der Waals surface area contributed by atoms with E-state index in [-0.39, 0.29) is 23.8 Å². The molecule has 0 radical (unpaired) electrons. The SMILES string of the molecule is C[C@H](C(=O)N1CCNC1=O)[NH+]1CCN(c2ccc(F)cc2)CC1. The fourth-order valence-electron chi connectivity index (χ4n) is 3.23. The van der Waals surface area contributed by atoms with Gasteiger partial charge in [-0.05, 0) is 31.2 Å². The molecule has 2 N–H and O–H groups in total. The summed E-state index contributed by atoms with van der Waals surface area (Å²) in [4.78, 5) is 28.7. The van der Waals surface area contributed by atoms with Crippen LogP contribution in [0.4, 0.5) is 14.9 Å². The molecule has 2 aliphatic rings. The Kier molecular flexibility index (Phi) is 4.47. The summed E-state index contributed by atoms with van der Waals surface area (Å²) in [5, 5.41) is 2.66. The van der Waals surface area contributed by atoms with E-state index in [0.29, 0.717) is 13.1 Å². The van der Waals surface area contributed by atoms with Gasteiger partial charge in [-0.3, -0.25) is 9.69 Å². The quantitative estimate of drug-likeness (QED) is 0.787. The van der Waals surface area contributed by atoms with Crippen LogP contribution >= 0.6 is 0 Å². The lowest BCUT2D eigenvalue weighted by Crippen LogP contribution is -3.19. The number of urea groups is 1. The highest BCUT2D eigenvalue weighted by atomic mass is 19.1. The molecule has 2 heterocycles. The van der Waals surface area contributed by atoms with Crippen molar-refractivity contribution in [1.29, 1.82) is 0 Å². The zero-order chi connectivity index (χ0) is 16.4.